The van der Waals surface area contributed by atoms with E-state index in [1.54, 1.807) is 49.6 Å². The molecule has 0 fully saturated rings. The van der Waals surface area contributed by atoms with Crippen LogP contribution < -0.4 is 25.1 Å². The fraction of sp³-hybridized carbons (Fsp3) is 0.158. The Labute approximate surface area is 138 Å². The highest BCUT2D eigenvalue weighted by atomic mass is 16.5. The van der Waals surface area contributed by atoms with Crippen LogP contribution in [0.2, 0.25) is 0 Å². The summed E-state index contributed by atoms with van der Waals surface area (Å²) in [6.07, 6.45) is 0. The maximum Gasteiger partial charge on any atom is 0.234 e. The van der Waals surface area contributed by atoms with Crippen molar-refractivity contribution in [3.63, 3.8) is 0 Å². The number of hydrogen-bond acceptors (Lipinski definition) is 5. The van der Waals surface area contributed by atoms with Crippen molar-refractivity contribution in [2.24, 2.45) is 0 Å². The van der Waals surface area contributed by atoms with Gasteiger partial charge in [-0.1, -0.05) is 18.2 Å². The molecule has 5 heteroatoms. The molecule has 5 nitrogen and oxygen atoms in total. The van der Waals surface area contributed by atoms with Crippen LogP contribution in [-0.4, -0.2) is 21.3 Å². The monoisotopic (exact) mass is 324 g/mol. The standard InChI is InChI=1S/C19H16O5/c1-22-13-7-4-11(5-8-13)16-17(19(21)18(16)20)12-6-9-14(23-2)15(10-12)24-3/h4-10H,1-3H3. The molecule has 0 atom stereocenters. The third-order valence-electron chi connectivity index (χ3n) is 3.96. The Balaban J connectivity index is 2.12. The van der Waals surface area contributed by atoms with Gasteiger partial charge in [0.2, 0.25) is 10.9 Å². The lowest BCUT2D eigenvalue weighted by Gasteiger charge is -2.14. The Morgan fingerprint density at radius 2 is 1.17 bits per heavy atom. The molecule has 0 heterocycles. The number of benzene rings is 2. The lowest BCUT2D eigenvalue weighted by Crippen LogP contribution is -2.34. The van der Waals surface area contributed by atoms with E-state index in [1.165, 1.54) is 14.2 Å². The smallest absolute Gasteiger partial charge is 0.234 e. The summed E-state index contributed by atoms with van der Waals surface area (Å²) in [4.78, 5) is 24.2. The molecular formula is C19H16O5. The van der Waals surface area contributed by atoms with E-state index < -0.39 is 10.9 Å². The van der Waals surface area contributed by atoms with Crippen LogP contribution in [0.3, 0.4) is 0 Å². The van der Waals surface area contributed by atoms with Crippen molar-refractivity contribution in [1.82, 2.24) is 0 Å². The average Bonchev–Trinajstić information content (AvgIpc) is 2.64. The topological polar surface area (TPSA) is 61.8 Å². The summed E-state index contributed by atoms with van der Waals surface area (Å²) in [5.41, 5.74) is 1.15. The third-order valence-corrected chi connectivity index (χ3v) is 3.96. The summed E-state index contributed by atoms with van der Waals surface area (Å²) < 4.78 is 15.6. The number of rotatable bonds is 5. The van der Waals surface area contributed by atoms with E-state index >= 15 is 0 Å². The molecule has 24 heavy (non-hydrogen) atoms. The van der Waals surface area contributed by atoms with Gasteiger partial charge in [-0.3, -0.25) is 9.59 Å². The predicted octanol–water partition coefficient (Wildman–Crippen LogP) is 2.64. The average molecular weight is 324 g/mol. The van der Waals surface area contributed by atoms with Gasteiger partial charge in [0.05, 0.1) is 21.3 Å². The fourth-order valence-electron chi connectivity index (χ4n) is 2.69. The van der Waals surface area contributed by atoms with Crippen LogP contribution in [0.4, 0.5) is 0 Å². The largest absolute Gasteiger partial charge is 0.497 e. The Hall–Kier alpha value is -3.08. The van der Waals surface area contributed by atoms with Crippen LogP contribution in [-0.2, 0) is 0 Å². The maximum absolute atomic E-state index is 12.1. The van der Waals surface area contributed by atoms with Gasteiger partial charge in [0, 0.05) is 11.1 Å². The van der Waals surface area contributed by atoms with Gasteiger partial charge in [-0.15, -0.1) is 0 Å². The molecule has 0 unspecified atom stereocenters. The molecule has 0 saturated heterocycles. The van der Waals surface area contributed by atoms with Crippen LogP contribution in [0.5, 0.6) is 17.2 Å². The zero-order valence-corrected chi connectivity index (χ0v) is 13.6. The summed E-state index contributed by atoms with van der Waals surface area (Å²) in [6.45, 7) is 0. The van der Waals surface area contributed by atoms with Gasteiger partial charge < -0.3 is 14.2 Å². The van der Waals surface area contributed by atoms with Crippen LogP contribution in [0.1, 0.15) is 0 Å². The van der Waals surface area contributed by atoms with Gasteiger partial charge in [-0.2, -0.15) is 0 Å². The van der Waals surface area contributed by atoms with E-state index in [2.05, 4.69) is 0 Å². The van der Waals surface area contributed by atoms with E-state index in [0.29, 0.717) is 39.5 Å². The van der Waals surface area contributed by atoms with Gasteiger partial charge in [-0.25, -0.2) is 0 Å². The highest BCUT2D eigenvalue weighted by Crippen LogP contribution is 2.35. The fourth-order valence-corrected chi connectivity index (χ4v) is 2.69. The van der Waals surface area contributed by atoms with Crippen molar-refractivity contribution in [2.75, 3.05) is 21.3 Å². The van der Waals surface area contributed by atoms with Gasteiger partial charge in [0.25, 0.3) is 0 Å². The van der Waals surface area contributed by atoms with E-state index in [1.807, 2.05) is 0 Å². The first-order valence-electron chi connectivity index (χ1n) is 7.30. The second-order valence-electron chi connectivity index (χ2n) is 5.21. The maximum atomic E-state index is 12.1. The highest BCUT2D eigenvalue weighted by molar-refractivity contribution is 5.87. The molecule has 0 aliphatic rings. The highest BCUT2D eigenvalue weighted by Gasteiger charge is 2.24. The van der Waals surface area contributed by atoms with Crippen molar-refractivity contribution in [3.8, 4) is 39.5 Å². The van der Waals surface area contributed by atoms with Crippen molar-refractivity contribution in [1.29, 1.82) is 0 Å². The predicted molar refractivity (Wildman–Crippen MR) is 91.9 cm³/mol. The van der Waals surface area contributed by atoms with Gasteiger partial charge >= 0.3 is 0 Å². The molecule has 122 valence electrons. The lowest BCUT2D eigenvalue weighted by atomic mass is 9.89. The van der Waals surface area contributed by atoms with Crippen molar-refractivity contribution in [2.45, 2.75) is 0 Å². The van der Waals surface area contributed by atoms with Gasteiger partial charge in [0.1, 0.15) is 5.75 Å². The normalized spacial score (nSPS) is 10.6. The Kier molecular flexibility index (Phi) is 4.08. The molecule has 0 spiro atoms. The molecule has 0 amide bonds. The molecule has 0 radical (unpaired) electrons. The molecule has 3 aromatic rings. The van der Waals surface area contributed by atoms with Crippen LogP contribution >= 0.6 is 0 Å². The minimum atomic E-state index is -0.493. The van der Waals surface area contributed by atoms with E-state index in [0.717, 1.165) is 0 Å². The van der Waals surface area contributed by atoms with E-state index in [9.17, 15) is 9.59 Å². The molecule has 3 rings (SSSR count). The van der Waals surface area contributed by atoms with Crippen molar-refractivity contribution < 1.29 is 14.2 Å². The molecule has 0 bridgehead atoms. The minimum absolute atomic E-state index is 0.395. The van der Waals surface area contributed by atoms with Crippen LogP contribution in [0, 0.1) is 0 Å². The second-order valence-corrected chi connectivity index (χ2v) is 5.21. The summed E-state index contributed by atoms with van der Waals surface area (Å²) in [5.74, 6) is 1.75. The van der Waals surface area contributed by atoms with Crippen molar-refractivity contribution in [3.05, 3.63) is 62.9 Å². The molecule has 0 N–H and O–H groups in total. The minimum Gasteiger partial charge on any atom is -0.497 e. The molecule has 3 aromatic carbocycles. The Morgan fingerprint density at radius 3 is 1.71 bits per heavy atom. The zero-order valence-electron chi connectivity index (χ0n) is 13.6. The Morgan fingerprint density at radius 1 is 0.625 bits per heavy atom. The molecule has 0 aliphatic heterocycles. The van der Waals surface area contributed by atoms with Gasteiger partial charge in [-0.05, 0) is 35.4 Å². The number of methoxy groups -OCH3 is 3. The molecule has 0 saturated carbocycles. The first kappa shape index (κ1) is 15.8. The summed E-state index contributed by atoms with van der Waals surface area (Å²) >= 11 is 0. The van der Waals surface area contributed by atoms with Crippen LogP contribution in [0.25, 0.3) is 22.3 Å². The molecule has 0 aromatic heterocycles. The Bertz CT molecular complexity index is 947. The van der Waals surface area contributed by atoms with E-state index in [-0.39, 0.29) is 0 Å². The lowest BCUT2D eigenvalue weighted by molar-refractivity contribution is 0.355. The number of hydrogen-bond donors (Lipinski definition) is 0. The summed E-state index contributed by atoms with van der Waals surface area (Å²) in [6, 6.07) is 12.2. The van der Waals surface area contributed by atoms with Crippen molar-refractivity contribution >= 4 is 0 Å². The first-order valence-corrected chi connectivity index (χ1v) is 7.30. The van der Waals surface area contributed by atoms with E-state index in [4.69, 9.17) is 14.2 Å². The third kappa shape index (κ3) is 2.44. The quantitative estimate of drug-likeness (QED) is 0.675. The number of ether oxygens (including phenoxy) is 3. The van der Waals surface area contributed by atoms with Gasteiger partial charge in [0.15, 0.2) is 11.5 Å². The summed E-state index contributed by atoms with van der Waals surface area (Å²) in [5, 5.41) is 0. The SMILES string of the molecule is COc1ccc(-c2c(-c3ccc(OC)c(OC)c3)c(=O)c2=O)cc1. The molecular weight excluding hydrogens is 308 g/mol. The zero-order chi connectivity index (χ0) is 17.3. The first-order chi connectivity index (χ1) is 11.6. The summed E-state index contributed by atoms with van der Waals surface area (Å²) in [7, 11) is 4.63. The van der Waals surface area contributed by atoms with Crippen LogP contribution in [0.15, 0.2) is 52.1 Å². The second kappa shape index (κ2) is 6.20. The molecule has 0 aliphatic carbocycles.